The van der Waals surface area contributed by atoms with Gasteiger partial charge in [0, 0.05) is 5.92 Å². The SMILES string of the molecule is O=C(Nc1ncn[nH]1)OCC1c2ccccc2-c2ccccc21. The average molecular weight is 306 g/mol. The zero-order chi connectivity index (χ0) is 15.6. The standard InChI is InChI=1S/C17H14N4O2/c22-17(20-16-18-10-19-21-16)23-9-15-13-7-3-1-5-11(13)12-6-2-4-8-14(12)15/h1-8,10,15H,9H2,(H2,18,19,20,21,22). The number of fused-ring (bicyclic) bond motifs is 3. The van der Waals surface area contributed by atoms with Gasteiger partial charge in [-0.05, 0) is 22.3 Å². The van der Waals surface area contributed by atoms with Crippen LogP contribution in [0, 0.1) is 0 Å². The summed E-state index contributed by atoms with van der Waals surface area (Å²) in [6.07, 6.45) is 0.766. The molecule has 2 aromatic carbocycles. The minimum Gasteiger partial charge on any atom is -0.448 e. The molecule has 4 rings (SSSR count). The van der Waals surface area contributed by atoms with E-state index in [1.807, 2.05) is 24.3 Å². The number of aromatic nitrogens is 3. The van der Waals surface area contributed by atoms with Gasteiger partial charge in [0.1, 0.15) is 12.9 Å². The van der Waals surface area contributed by atoms with Crippen molar-refractivity contribution in [3.05, 3.63) is 66.0 Å². The number of amides is 1. The Morgan fingerprint density at radius 3 is 2.35 bits per heavy atom. The van der Waals surface area contributed by atoms with Crippen molar-refractivity contribution >= 4 is 12.0 Å². The second kappa shape index (κ2) is 5.57. The van der Waals surface area contributed by atoms with E-state index >= 15 is 0 Å². The molecule has 1 aliphatic rings. The summed E-state index contributed by atoms with van der Waals surface area (Å²) in [5.41, 5.74) is 4.77. The summed E-state index contributed by atoms with van der Waals surface area (Å²) in [6.45, 7) is 0.272. The van der Waals surface area contributed by atoms with Crippen molar-refractivity contribution in [3.8, 4) is 11.1 Å². The van der Waals surface area contributed by atoms with Crippen LogP contribution < -0.4 is 5.32 Å². The molecule has 0 spiro atoms. The lowest BCUT2D eigenvalue weighted by atomic mass is 9.98. The Bertz CT molecular complexity index is 800. The van der Waals surface area contributed by atoms with Crippen molar-refractivity contribution in [1.29, 1.82) is 0 Å². The fourth-order valence-electron chi connectivity index (χ4n) is 3.00. The maximum atomic E-state index is 11.9. The summed E-state index contributed by atoms with van der Waals surface area (Å²) in [6, 6.07) is 16.4. The zero-order valence-electron chi connectivity index (χ0n) is 12.2. The predicted octanol–water partition coefficient (Wildman–Crippen LogP) is 3.17. The van der Waals surface area contributed by atoms with Gasteiger partial charge >= 0.3 is 6.09 Å². The third-order valence-electron chi connectivity index (χ3n) is 3.98. The Labute approximate surface area is 132 Å². The number of aromatic amines is 1. The van der Waals surface area contributed by atoms with E-state index in [2.05, 4.69) is 44.8 Å². The summed E-state index contributed by atoms with van der Waals surface area (Å²) < 4.78 is 5.38. The second-order valence-corrected chi connectivity index (χ2v) is 5.28. The van der Waals surface area contributed by atoms with E-state index in [1.54, 1.807) is 0 Å². The van der Waals surface area contributed by atoms with E-state index in [0.29, 0.717) is 0 Å². The second-order valence-electron chi connectivity index (χ2n) is 5.28. The first-order chi connectivity index (χ1) is 11.3. The van der Waals surface area contributed by atoms with Gasteiger partial charge in [0.25, 0.3) is 0 Å². The fourth-order valence-corrected chi connectivity index (χ4v) is 3.00. The number of ether oxygens (including phenoxy) is 1. The topological polar surface area (TPSA) is 79.9 Å². The summed E-state index contributed by atoms with van der Waals surface area (Å²) in [5, 5.41) is 8.72. The molecule has 1 amide bonds. The van der Waals surface area contributed by atoms with Crippen LogP contribution in [0.3, 0.4) is 0 Å². The summed E-state index contributed by atoms with van der Waals surface area (Å²) >= 11 is 0. The fraction of sp³-hybridized carbons (Fsp3) is 0.118. The lowest BCUT2D eigenvalue weighted by Gasteiger charge is -2.14. The Morgan fingerprint density at radius 1 is 1.09 bits per heavy atom. The van der Waals surface area contributed by atoms with Crippen molar-refractivity contribution in [2.75, 3.05) is 11.9 Å². The highest BCUT2D eigenvalue weighted by molar-refractivity contribution is 5.82. The molecular formula is C17H14N4O2. The molecule has 0 bridgehead atoms. The van der Waals surface area contributed by atoms with Crippen LogP contribution in [0.25, 0.3) is 11.1 Å². The third-order valence-corrected chi connectivity index (χ3v) is 3.98. The van der Waals surface area contributed by atoms with Crippen molar-refractivity contribution in [3.63, 3.8) is 0 Å². The van der Waals surface area contributed by atoms with Crippen LogP contribution in [0.1, 0.15) is 17.0 Å². The monoisotopic (exact) mass is 306 g/mol. The van der Waals surface area contributed by atoms with Gasteiger partial charge in [-0.2, -0.15) is 10.1 Å². The molecule has 0 saturated carbocycles. The van der Waals surface area contributed by atoms with Crippen LogP contribution >= 0.6 is 0 Å². The first-order valence-electron chi connectivity index (χ1n) is 7.30. The smallest absolute Gasteiger partial charge is 0.414 e. The van der Waals surface area contributed by atoms with Gasteiger partial charge in [-0.3, -0.25) is 5.32 Å². The molecule has 0 aliphatic heterocycles. The van der Waals surface area contributed by atoms with E-state index in [4.69, 9.17) is 4.74 Å². The molecule has 23 heavy (non-hydrogen) atoms. The first kappa shape index (κ1) is 13.5. The van der Waals surface area contributed by atoms with Gasteiger partial charge in [-0.1, -0.05) is 48.5 Å². The van der Waals surface area contributed by atoms with E-state index in [0.717, 1.165) is 0 Å². The van der Waals surface area contributed by atoms with Crippen LogP contribution in [-0.2, 0) is 4.74 Å². The molecule has 2 N–H and O–H groups in total. The first-order valence-corrected chi connectivity index (χ1v) is 7.30. The molecule has 6 heteroatoms. The van der Waals surface area contributed by atoms with Crippen LogP contribution in [-0.4, -0.2) is 27.9 Å². The molecule has 0 atom stereocenters. The maximum absolute atomic E-state index is 11.9. The van der Waals surface area contributed by atoms with E-state index in [1.165, 1.54) is 28.6 Å². The molecule has 0 saturated heterocycles. The number of rotatable bonds is 3. The number of carbonyl (C=O) groups excluding carboxylic acids is 1. The Kier molecular flexibility index (Phi) is 3.27. The highest BCUT2D eigenvalue weighted by atomic mass is 16.5. The molecule has 1 aromatic heterocycles. The molecule has 0 radical (unpaired) electrons. The number of hydrogen-bond acceptors (Lipinski definition) is 4. The highest BCUT2D eigenvalue weighted by Crippen LogP contribution is 2.44. The Balaban J connectivity index is 1.54. The van der Waals surface area contributed by atoms with Crippen molar-refractivity contribution < 1.29 is 9.53 Å². The number of anilines is 1. The van der Waals surface area contributed by atoms with Crippen LogP contribution in [0.15, 0.2) is 54.9 Å². The number of carbonyl (C=O) groups is 1. The van der Waals surface area contributed by atoms with Gasteiger partial charge in [0.2, 0.25) is 5.95 Å². The summed E-state index contributed by atoms with van der Waals surface area (Å²) in [7, 11) is 0. The molecule has 3 aromatic rings. The minimum absolute atomic E-state index is 0.0443. The third kappa shape index (κ3) is 2.44. The Hall–Kier alpha value is -3.15. The molecule has 1 aliphatic carbocycles. The molecule has 0 fully saturated rings. The van der Waals surface area contributed by atoms with Crippen LogP contribution in [0.5, 0.6) is 0 Å². The van der Waals surface area contributed by atoms with Crippen molar-refractivity contribution in [1.82, 2.24) is 15.2 Å². The van der Waals surface area contributed by atoms with E-state index < -0.39 is 6.09 Å². The normalized spacial score (nSPS) is 12.5. The van der Waals surface area contributed by atoms with Gasteiger partial charge in [0.15, 0.2) is 0 Å². The molecule has 114 valence electrons. The van der Waals surface area contributed by atoms with Crippen LogP contribution in [0.2, 0.25) is 0 Å². The zero-order valence-corrected chi connectivity index (χ0v) is 12.2. The van der Waals surface area contributed by atoms with Gasteiger partial charge in [0.05, 0.1) is 0 Å². The number of nitrogens with zero attached hydrogens (tertiary/aromatic N) is 2. The largest absolute Gasteiger partial charge is 0.448 e. The van der Waals surface area contributed by atoms with Gasteiger partial charge in [-0.25, -0.2) is 9.89 Å². The summed E-state index contributed by atoms with van der Waals surface area (Å²) in [4.78, 5) is 15.7. The molecular weight excluding hydrogens is 292 g/mol. The number of nitrogens with one attached hydrogen (secondary N) is 2. The van der Waals surface area contributed by atoms with Gasteiger partial charge in [-0.15, -0.1) is 0 Å². The van der Waals surface area contributed by atoms with E-state index in [-0.39, 0.29) is 18.5 Å². The summed E-state index contributed by atoms with van der Waals surface area (Å²) in [5.74, 6) is 0.310. The minimum atomic E-state index is -0.552. The maximum Gasteiger partial charge on any atom is 0.414 e. The lowest BCUT2D eigenvalue weighted by Crippen LogP contribution is -2.18. The number of H-pyrrole nitrogens is 1. The van der Waals surface area contributed by atoms with Crippen LogP contribution in [0.4, 0.5) is 10.7 Å². The van der Waals surface area contributed by atoms with Crippen molar-refractivity contribution in [2.24, 2.45) is 0 Å². The molecule has 0 unspecified atom stereocenters. The molecule has 6 nitrogen and oxygen atoms in total. The predicted molar refractivity (Wildman–Crippen MR) is 85.1 cm³/mol. The van der Waals surface area contributed by atoms with Crippen molar-refractivity contribution in [2.45, 2.75) is 5.92 Å². The lowest BCUT2D eigenvalue weighted by molar-refractivity contribution is 0.158. The Morgan fingerprint density at radius 2 is 1.74 bits per heavy atom. The average Bonchev–Trinajstić information content (AvgIpc) is 3.19. The molecule has 1 heterocycles. The van der Waals surface area contributed by atoms with E-state index in [9.17, 15) is 4.79 Å². The highest BCUT2D eigenvalue weighted by Gasteiger charge is 2.28. The quantitative estimate of drug-likeness (QED) is 0.779. The number of benzene rings is 2. The van der Waals surface area contributed by atoms with Gasteiger partial charge < -0.3 is 4.74 Å². The number of hydrogen-bond donors (Lipinski definition) is 2.